The van der Waals surface area contributed by atoms with Crippen molar-refractivity contribution in [3.05, 3.63) is 0 Å². The molecule has 0 heterocycles. The molecule has 9 nitrogen and oxygen atoms in total. The summed E-state index contributed by atoms with van der Waals surface area (Å²) in [5.74, 6) is -0.174. The average Bonchev–Trinajstić information content (AvgIpc) is 2.55. The van der Waals surface area contributed by atoms with Crippen LogP contribution in [0.4, 0.5) is 0 Å². The maximum absolute atomic E-state index is 11.4. The van der Waals surface area contributed by atoms with E-state index in [0.717, 1.165) is 0 Å². The Morgan fingerprint density at radius 2 is 1.25 bits per heavy atom. The van der Waals surface area contributed by atoms with Crippen LogP contribution in [-0.2, 0) is 28.5 Å². The summed E-state index contributed by atoms with van der Waals surface area (Å²) in [6, 6.07) is 0. The third-order valence-corrected chi connectivity index (χ3v) is 2.64. The highest BCUT2D eigenvalue weighted by molar-refractivity contribution is 5.75. The second-order valence-electron chi connectivity index (χ2n) is 4.76. The first-order valence-corrected chi connectivity index (χ1v) is 8.09. The van der Waals surface area contributed by atoms with Crippen molar-refractivity contribution in [1.82, 2.24) is 10.6 Å². The van der Waals surface area contributed by atoms with Crippen LogP contribution in [0.25, 0.3) is 0 Å². The zero-order chi connectivity index (χ0) is 17.9. The van der Waals surface area contributed by atoms with E-state index in [-0.39, 0.29) is 31.4 Å². The number of carbonyl (C=O) groups is 2. The van der Waals surface area contributed by atoms with Crippen LogP contribution < -0.4 is 10.6 Å². The van der Waals surface area contributed by atoms with Gasteiger partial charge in [0.25, 0.3) is 0 Å². The van der Waals surface area contributed by atoms with E-state index in [1.165, 1.54) is 6.92 Å². The van der Waals surface area contributed by atoms with Gasteiger partial charge in [-0.05, 0) is 0 Å². The van der Waals surface area contributed by atoms with Gasteiger partial charge in [0, 0.05) is 26.4 Å². The predicted octanol–water partition coefficient (Wildman–Crippen LogP) is -1.31. The van der Waals surface area contributed by atoms with Gasteiger partial charge >= 0.3 is 0 Å². The van der Waals surface area contributed by atoms with E-state index < -0.39 is 0 Å². The zero-order valence-electron chi connectivity index (χ0n) is 14.4. The summed E-state index contributed by atoms with van der Waals surface area (Å²) < 4.78 is 20.8. The minimum absolute atomic E-state index is 0.0208. The number of ether oxygens (including phenoxy) is 4. The Hall–Kier alpha value is -1.26. The third kappa shape index (κ3) is 18.8. The molecule has 0 aliphatic rings. The molecule has 0 aliphatic heterocycles. The first-order chi connectivity index (χ1) is 11.7. The Labute approximate surface area is 143 Å². The normalized spacial score (nSPS) is 10.6. The van der Waals surface area contributed by atoms with Crippen LogP contribution in [0, 0.1) is 0 Å². The topological polar surface area (TPSA) is 115 Å². The fourth-order valence-corrected chi connectivity index (χ4v) is 1.52. The maximum Gasteiger partial charge on any atom is 0.222 e. The molecular formula is C15H30N2O7. The highest BCUT2D eigenvalue weighted by Crippen LogP contribution is 1.85. The van der Waals surface area contributed by atoms with Crippen molar-refractivity contribution in [3.8, 4) is 0 Å². The first kappa shape index (κ1) is 22.7. The van der Waals surface area contributed by atoms with Crippen LogP contribution in [0.3, 0.4) is 0 Å². The monoisotopic (exact) mass is 350 g/mol. The lowest BCUT2D eigenvalue weighted by Gasteiger charge is -2.08. The van der Waals surface area contributed by atoms with Gasteiger partial charge in [0.1, 0.15) is 0 Å². The molecule has 0 fully saturated rings. The maximum atomic E-state index is 11.4. The number of aliphatic hydroxyl groups is 1. The molecule has 0 radical (unpaired) electrons. The number of carbonyl (C=O) groups excluding carboxylic acids is 2. The molecule has 0 atom stereocenters. The summed E-state index contributed by atoms with van der Waals surface area (Å²) in [6.07, 6.45) is 0.284. The Bertz CT molecular complexity index is 316. The van der Waals surface area contributed by atoms with Crippen molar-refractivity contribution in [3.63, 3.8) is 0 Å². The van der Waals surface area contributed by atoms with Gasteiger partial charge in [-0.3, -0.25) is 9.59 Å². The molecule has 0 bridgehead atoms. The van der Waals surface area contributed by atoms with Gasteiger partial charge in [0.05, 0.1) is 59.5 Å². The molecular weight excluding hydrogens is 320 g/mol. The van der Waals surface area contributed by atoms with E-state index in [0.29, 0.717) is 59.3 Å². The number of nitrogens with one attached hydrogen (secondary N) is 2. The second-order valence-corrected chi connectivity index (χ2v) is 4.76. The van der Waals surface area contributed by atoms with Gasteiger partial charge in [0.15, 0.2) is 0 Å². The lowest BCUT2D eigenvalue weighted by molar-refractivity contribution is -0.122. The molecule has 3 N–H and O–H groups in total. The lowest BCUT2D eigenvalue weighted by Crippen LogP contribution is -2.28. The SMILES string of the molecule is CC(=O)NCCOCCOCCOCCC(=O)NCCOCCO. The fraction of sp³-hybridized carbons (Fsp3) is 0.867. The zero-order valence-corrected chi connectivity index (χ0v) is 14.4. The molecule has 0 spiro atoms. The number of hydrogen-bond donors (Lipinski definition) is 3. The first-order valence-electron chi connectivity index (χ1n) is 8.09. The van der Waals surface area contributed by atoms with E-state index in [4.69, 9.17) is 24.1 Å². The number of aliphatic hydroxyl groups excluding tert-OH is 1. The number of amides is 2. The molecule has 0 aromatic rings. The summed E-state index contributed by atoms with van der Waals surface area (Å²) in [5, 5.41) is 13.8. The van der Waals surface area contributed by atoms with Gasteiger partial charge in [-0.25, -0.2) is 0 Å². The van der Waals surface area contributed by atoms with Crippen LogP contribution >= 0.6 is 0 Å². The smallest absolute Gasteiger partial charge is 0.222 e. The quantitative estimate of drug-likeness (QED) is 0.279. The molecule has 0 aromatic heterocycles. The predicted molar refractivity (Wildman–Crippen MR) is 86.7 cm³/mol. The summed E-state index contributed by atoms with van der Waals surface area (Å²) >= 11 is 0. The molecule has 142 valence electrons. The average molecular weight is 350 g/mol. The molecule has 2 amide bonds. The highest BCUT2D eigenvalue weighted by atomic mass is 16.5. The van der Waals surface area contributed by atoms with Gasteiger partial charge in [-0.1, -0.05) is 0 Å². The van der Waals surface area contributed by atoms with E-state index in [1.54, 1.807) is 0 Å². The van der Waals surface area contributed by atoms with E-state index in [2.05, 4.69) is 10.6 Å². The van der Waals surface area contributed by atoms with E-state index in [9.17, 15) is 9.59 Å². The van der Waals surface area contributed by atoms with Crippen molar-refractivity contribution in [2.24, 2.45) is 0 Å². The Kier molecular flexibility index (Phi) is 17.1. The van der Waals surface area contributed by atoms with Gasteiger partial charge in [-0.15, -0.1) is 0 Å². The van der Waals surface area contributed by atoms with Crippen molar-refractivity contribution < 1.29 is 33.6 Å². The Morgan fingerprint density at radius 3 is 1.83 bits per heavy atom. The fourth-order valence-electron chi connectivity index (χ4n) is 1.52. The lowest BCUT2D eigenvalue weighted by atomic mass is 10.4. The molecule has 0 aliphatic carbocycles. The molecule has 0 saturated heterocycles. The second kappa shape index (κ2) is 18.1. The number of rotatable bonds is 17. The number of hydrogen-bond acceptors (Lipinski definition) is 7. The van der Waals surface area contributed by atoms with Crippen molar-refractivity contribution in [2.45, 2.75) is 13.3 Å². The molecule has 0 saturated carbocycles. The summed E-state index contributed by atoms with van der Waals surface area (Å²) in [7, 11) is 0. The van der Waals surface area contributed by atoms with E-state index in [1.807, 2.05) is 0 Å². The van der Waals surface area contributed by atoms with Crippen LogP contribution in [0.5, 0.6) is 0 Å². The molecule has 0 unspecified atom stereocenters. The minimum Gasteiger partial charge on any atom is -0.394 e. The largest absolute Gasteiger partial charge is 0.394 e. The van der Waals surface area contributed by atoms with Crippen LogP contribution in [0.2, 0.25) is 0 Å². The van der Waals surface area contributed by atoms with Crippen LogP contribution in [-0.4, -0.2) is 89.5 Å². The minimum atomic E-state index is -0.101. The third-order valence-electron chi connectivity index (χ3n) is 2.64. The van der Waals surface area contributed by atoms with Gasteiger partial charge in [0.2, 0.25) is 11.8 Å². The molecule has 9 heteroatoms. The Balaban J connectivity index is 3.13. The van der Waals surface area contributed by atoms with Crippen molar-refractivity contribution in [1.29, 1.82) is 0 Å². The van der Waals surface area contributed by atoms with Crippen LogP contribution in [0.15, 0.2) is 0 Å². The summed E-state index contributed by atoms with van der Waals surface area (Å²) in [4.78, 5) is 22.0. The molecule has 24 heavy (non-hydrogen) atoms. The van der Waals surface area contributed by atoms with Crippen molar-refractivity contribution in [2.75, 3.05) is 72.6 Å². The van der Waals surface area contributed by atoms with Crippen molar-refractivity contribution >= 4 is 11.8 Å². The highest BCUT2D eigenvalue weighted by Gasteiger charge is 2.00. The molecule has 0 aromatic carbocycles. The Morgan fingerprint density at radius 1 is 0.750 bits per heavy atom. The molecule has 0 rings (SSSR count). The van der Waals surface area contributed by atoms with Gasteiger partial charge in [-0.2, -0.15) is 0 Å². The summed E-state index contributed by atoms with van der Waals surface area (Å²) in [5.41, 5.74) is 0. The summed E-state index contributed by atoms with van der Waals surface area (Å²) in [6.45, 7) is 5.57. The van der Waals surface area contributed by atoms with E-state index >= 15 is 0 Å². The standard InChI is InChI=1S/C15H30N2O7/c1-14(19)16-3-7-23-11-13-24-12-10-21-6-2-15(20)17-4-8-22-9-5-18/h18H,2-13H2,1H3,(H,16,19)(H,17,20). The van der Waals surface area contributed by atoms with Gasteiger partial charge < -0.3 is 34.7 Å². The van der Waals surface area contributed by atoms with Crippen LogP contribution in [0.1, 0.15) is 13.3 Å².